The van der Waals surface area contributed by atoms with Crippen LogP contribution in [0.25, 0.3) is 0 Å². The van der Waals surface area contributed by atoms with Gasteiger partial charge in [-0.1, -0.05) is 29.5 Å². The quantitative estimate of drug-likeness (QED) is 0.643. The first-order valence-corrected chi connectivity index (χ1v) is 7.82. The summed E-state index contributed by atoms with van der Waals surface area (Å²) in [5.41, 5.74) is 2.54. The molecule has 112 valence electrons. The minimum absolute atomic E-state index is 0.175. The lowest BCUT2D eigenvalue weighted by Gasteiger charge is -2.14. The Bertz CT molecular complexity index is 730. The number of hydrogen-bond acceptors (Lipinski definition) is 5. The van der Waals surface area contributed by atoms with Gasteiger partial charge in [0.2, 0.25) is 11.8 Å². The monoisotopic (exact) mass is 313 g/mol. The maximum Gasteiger partial charge on any atom is 0.247 e. The highest BCUT2D eigenvalue weighted by atomic mass is 32.2. The van der Waals surface area contributed by atoms with Crippen LogP contribution in [0.4, 0.5) is 5.69 Å². The second-order valence-corrected chi connectivity index (χ2v) is 6.36. The van der Waals surface area contributed by atoms with Crippen molar-refractivity contribution >= 4 is 29.3 Å². The Morgan fingerprint density at radius 3 is 2.55 bits per heavy atom. The molecule has 1 aromatic carbocycles. The number of thioether (sulfide) groups is 1. The number of carbonyl (C=O) groups is 2. The van der Waals surface area contributed by atoms with E-state index in [1.54, 1.807) is 24.4 Å². The molecule has 1 aromatic heterocycles. The number of rotatable bonds is 3. The van der Waals surface area contributed by atoms with E-state index in [2.05, 4.69) is 9.97 Å². The van der Waals surface area contributed by atoms with Crippen LogP contribution in [0.5, 0.6) is 0 Å². The van der Waals surface area contributed by atoms with Crippen LogP contribution in [0.2, 0.25) is 0 Å². The molecule has 1 aliphatic heterocycles. The van der Waals surface area contributed by atoms with Gasteiger partial charge in [-0.15, -0.1) is 0 Å². The molecule has 2 heterocycles. The number of imide groups is 1. The van der Waals surface area contributed by atoms with Crippen LogP contribution < -0.4 is 4.90 Å². The predicted octanol–water partition coefficient (Wildman–Crippen LogP) is 2.52. The molecule has 5 nitrogen and oxygen atoms in total. The molecular formula is C16H15N3O2S. The molecule has 1 saturated heterocycles. The molecular weight excluding hydrogens is 298 g/mol. The summed E-state index contributed by atoms with van der Waals surface area (Å²) in [4.78, 5) is 34.4. The third-order valence-electron chi connectivity index (χ3n) is 3.42. The Morgan fingerprint density at radius 1 is 1.14 bits per heavy atom. The van der Waals surface area contributed by atoms with E-state index >= 15 is 0 Å². The summed E-state index contributed by atoms with van der Waals surface area (Å²) in [6, 6.07) is 9.16. The predicted molar refractivity (Wildman–Crippen MR) is 84.7 cm³/mol. The Hall–Kier alpha value is -2.21. The van der Waals surface area contributed by atoms with Crippen LogP contribution in [-0.4, -0.2) is 27.0 Å². The van der Waals surface area contributed by atoms with Crippen LogP contribution in [-0.2, 0) is 9.59 Å². The van der Waals surface area contributed by atoms with Crippen molar-refractivity contribution < 1.29 is 9.59 Å². The number of aryl methyl sites for hydroxylation is 2. The van der Waals surface area contributed by atoms with Gasteiger partial charge in [0.05, 0.1) is 5.69 Å². The SMILES string of the molecule is Cc1ccc(N2C(=O)C[C@H](Sc3nccc(C)n3)C2=O)cc1. The van der Waals surface area contributed by atoms with Crippen molar-refractivity contribution in [2.24, 2.45) is 0 Å². The van der Waals surface area contributed by atoms with Gasteiger partial charge < -0.3 is 0 Å². The number of carbonyl (C=O) groups excluding carboxylic acids is 2. The number of hydrogen-bond donors (Lipinski definition) is 0. The van der Waals surface area contributed by atoms with Gasteiger partial charge in [0.25, 0.3) is 0 Å². The molecule has 1 atom stereocenters. The fourth-order valence-corrected chi connectivity index (χ4v) is 3.28. The minimum Gasteiger partial charge on any atom is -0.274 e. The Labute approximate surface area is 132 Å². The van der Waals surface area contributed by atoms with Gasteiger partial charge in [0.1, 0.15) is 5.25 Å². The summed E-state index contributed by atoms with van der Waals surface area (Å²) in [5.74, 6) is -0.386. The molecule has 1 aliphatic rings. The highest BCUT2D eigenvalue weighted by Crippen LogP contribution is 2.32. The summed E-state index contributed by atoms with van der Waals surface area (Å²) < 4.78 is 0. The van der Waals surface area contributed by atoms with Crippen LogP contribution in [0.15, 0.2) is 41.7 Å². The summed E-state index contributed by atoms with van der Waals surface area (Å²) in [7, 11) is 0. The molecule has 0 aliphatic carbocycles. The first-order valence-electron chi connectivity index (χ1n) is 6.94. The van der Waals surface area contributed by atoms with Gasteiger partial charge in [-0.05, 0) is 32.0 Å². The third kappa shape index (κ3) is 2.87. The van der Waals surface area contributed by atoms with Crippen molar-refractivity contribution in [3.63, 3.8) is 0 Å². The van der Waals surface area contributed by atoms with Crippen LogP contribution in [0.1, 0.15) is 17.7 Å². The Kier molecular flexibility index (Phi) is 3.94. The lowest BCUT2D eigenvalue weighted by atomic mass is 10.2. The van der Waals surface area contributed by atoms with E-state index in [9.17, 15) is 9.59 Å². The van der Waals surface area contributed by atoms with E-state index in [-0.39, 0.29) is 18.2 Å². The first kappa shape index (κ1) is 14.7. The van der Waals surface area contributed by atoms with Crippen molar-refractivity contribution in [3.8, 4) is 0 Å². The lowest BCUT2D eigenvalue weighted by molar-refractivity contribution is -0.121. The number of nitrogens with zero attached hydrogens (tertiary/aromatic N) is 3. The number of amides is 2. The van der Waals surface area contributed by atoms with Gasteiger partial charge in [0.15, 0.2) is 5.16 Å². The van der Waals surface area contributed by atoms with E-state index < -0.39 is 5.25 Å². The van der Waals surface area contributed by atoms with Gasteiger partial charge in [-0.25, -0.2) is 14.9 Å². The normalized spacial score (nSPS) is 18.1. The molecule has 3 rings (SSSR count). The van der Waals surface area contributed by atoms with Crippen molar-refractivity contribution in [1.29, 1.82) is 0 Å². The molecule has 0 unspecified atom stereocenters. The van der Waals surface area contributed by atoms with Gasteiger partial charge in [-0.2, -0.15) is 0 Å². The maximum atomic E-state index is 12.5. The summed E-state index contributed by atoms with van der Waals surface area (Å²) in [5, 5.41) is 0.0625. The molecule has 0 N–H and O–H groups in total. The molecule has 2 aromatic rings. The highest BCUT2D eigenvalue weighted by molar-refractivity contribution is 8.00. The second-order valence-electron chi connectivity index (χ2n) is 5.19. The van der Waals surface area contributed by atoms with Crippen molar-refractivity contribution in [1.82, 2.24) is 9.97 Å². The van der Waals surface area contributed by atoms with E-state index in [1.165, 1.54) is 16.7 Å². The fraction of sp³-hybridized carbons (Fsp3) is 0.250. The lowest BCUT2D eigenvalue weighted by Crippen LogP contribution is -2.31. The first-order chi connectivity index (χ1) is 10.5. The van der Waals surface area contributed by atoms with Crippen LogP contribution in [0, 0.1) is 13.8 Å². The Balaban J connectivity index is 1.81. The number of aromatic nitrogens is 2. The number of anilines is 1. The fourth-order valence-electron chi connectivity index (χ4n) is 2.27. The van der Waals surface area contributed by atoms with Crippen LogP contribution >= 0.6 is 11.8 Å². The van der Waals surface area contributed by atoms with Crippen molar-refractivity contribution in [2.75, 3.05) is 4.90 Å². The second kappa shape index (κ2) is 5.88. The van der Waals surface area contributed by atoms with E-state index in [0.29, 0.717) is 10.8 Å². The van der Waals surface area contributed by atoms with Crippen molar-refractivity contribution in [3.05, 3.63) is 47.8 Å². The van der Waals surface area contributed by atoms with Gasteiger partial charge in [0, 0.05) is 18.3 Å². The topological polar surface area (TPSA) is 63.2 Å². The highest BCUT2D eigenvalue weighted by Gasteiger charge is 2.40. The van der Waals surface area contributed by atoms with Crippen molar-refractivity contribution in [2.45, 2.75) is 30.7 Å². The number of benzene rings is 1. The maximum absolute atomic E-state index is 12.5. The zero-order valence-corrected chi connectivity index (χ0v) is 13.1. The molecule has 22 heavy (non-hydrogen) atoms. The van der Waals surface area contributed by atoms with E-state index in [4.69, 9.17) is 0 Å². The van der Waals surface area contributed by atoms with Gasteiger partial charge in [-0.3, -0.25) is 9.59 Å². The summed E-state index contributed by atoms with van der Waals surface area (Å²) >= 11 is 1.24. The minimum atomic E-state index is -0.462. The average molecular weight is 313 g/mol. The van der Waals surface area contributed by atoms with Gasteiger partial charge >= 0.3 is 0 Å². The average Bonchev–Trinajstić information content (AvgIpc) is 2.75. The molecule has 0 radical (unpaired) electrons. The molecule has 6 heteroatoms. The molecule has 1 fully saturated rings. The third-order valence-corrected chi connectivity index (χ3v) is 4.48. The van der Waals surface area contributed by atoms with E-state index in [1.807, 2.05) is 26.0 Å². The van der Waals surface area contributed by atoms with E-state index in [0.717, 1.165) is 11.3 Å². The molecule has 2 amide bonds. The van der Waals surface area contributed by atoms with Crippen LogP contribution in [0.3, 0.4) is 0 Å². The zero-order chi connectivity index (χ0) is 15.7. The molecule has 0 spiro atoms. The largest absolute Gasteiger partial charge is 0.274 e. The standard InChI is InChI=1S/C16H15N3O2S/c1-10-3-5-12(6-4-10)19-14(20)9-13(15(19)21)22-16-17-8-7-11(2)18-16/h3-8,13H,9H2,1-2H3/t13-/m0/s1. The smallest absolute Gasteiger partial charge is 0.247 e. The summed E-state index contributed by atoms with van der Waals surface area (Å²) in [6.45, 7) is 3.83. The zero-order valence-electron chi connectivity index (χ0n) is 12.3. The Morgan fingerprint density at radius 2 is 1.86 bits per heavy atom. The molecule has 0 saturated carbocycles. The molecule has 0 bridgehead atoms. The summed E-state index contributed by atoms with van der Waals surface area (Å²) in [6.07, 6.45) is 1.83.